The molecule has 0 saturated carbocycles. The minimum atomic E-state index is -0.569. The average Bonchev–Trinajstić information content (AvgIpc) is 3.27. The monoisotopic (exact) mass is 861 g/mol. The fourth-order valence-corrected chi connectivity index (χ4v) is 6.84. The van der Waals surface area contributed by atoms with E-state index in [0.29, 0.717) is 19.4 Å². The lowest BCUT2D eigenvalue weighted by molar-refractivity contribution is -0.163. The van der Waals surface area contributed by atoms with Gasteiger partial charge in [-0.1, -0.05) is 214 Å². The highest BCUT2D eigenvalue weighted by Gasteiger charge is 2.17. The zero-order valence-corrected chi connectivity index (χ0v) is 40.6. The second-order valence-corrected chi connectivity index (χ2v) is 16.7. The van der Waals surface area contributed by atoms with Gasteiger partial charge in [-0.25, -0.2) is 0 Å². The third-order valence-corrected chi connectivity index (χ3v) is 10.6. The molecule has 354 valence electrons. The Morgan fingerprint density at radius 1 is 0.371 bits per heavy atom. The van der Waals surface area contributed by atoms with Gasteiger partial charge in [0, 0.05) is 19.4 Å². The van der Waals surface area contributed by atoms with Gasteiger partial charge in [-0.3, -0.25) is 9.59 Å². The summed E-state index contributed by atoms with van der Waals surface area (Å²) in [7, 11) is 0. The van der Waals surface area contributed by atoms with Crippen molar-refractivity contribution in [3.63, 3.8) is 0 Å². The average molecular weight is 861 g/mol. The Kier molecular flexibility index (Phi) is 49.5. The predicted molar refractivity (Wildman–Crippen MR) is 270 cm³/mol. The van der Waals surface area contributed by atoms with Crippen LogP contribution < -0.4 is 0 Å². The predicted octanol–water partition coefficient (Wildman–Crippen LogP) is 17.5. The highest BCUT2D eigenvalue weighted by molar-refractivity contribution is 5.70. The minimum absolute atomic E-state index is 0.0557. The fourth-order valence-electron chi connectivity index (χ4n) is 6.84. The molecule has 0 aliphatic rings. The first-order valence-corrected chi connectivity index (χ1v) is 25.8. The molecular formula is C57H96O5. The lowest BCUT2D eigenvalue weighted by Crippen LogP contribution is -2.30. The smallest absolute Gasteiger partial charge is 0.306 e. The van der Waals surface area contributed by atoms with E-state index in [2.05, 4.69) is 118 Å². The third kappa shape index (κ3) is 49.5. The summed E-state index contributed by atoms with van der Waals surface area (Å²) in [6.45, 7) is 7.49. The van der Waals surface area contributed by atoms with Crippen LogP contribution in [0.1, 0.15) is 226 Å². The van der Waals surface area contributed by atoms with E-state index in [-0.39, 0.29) is 25.2 Å². The van der Waals surface area contributed by atoms with E-state index in [1.54, 1.807) is 0 Å². The summed E-state index contributed by atoms with van der Waals surface area (Å²) in [6.07, 6.45) is 69.9. The van der Waals surface area contributed by atoms with Gasteiger partial charge < -0.3 is 14.2 Å². The van der Waals surface area contributed by atoms with Gasteiger partial charge in [0.1, 0.15) is 6.61 Å². The molecule has 0 saturated heterocycles. The number of hydrogen-bond acceptors (Lipinski definition) is 5. The van der Waals surface area contributed by atoms with Crippen molar-refractivity contribution in [2.45, 2.75) is 232 Å². The number of rotatable bonds is 46. The summed E-state index contributed by atoms with van der Waals surface area (Å²) in [4.78, 5) is 25.4. The maximum atomic E-state index is 12.8. The van der Waals surface area contributed by atoms with Gasteiger partial charge in [-0.2, -0.15) is 0 Å². The molecule has 0 spiro atoms. The largest absolute Gasteiger partial charge is 0.462 e. The molecule has 0 fully saturated rings. The van der Waals surface area contributed by atoms with Crippen molar-refractivity contribution < 1.29 is 23.8 Å². The van der Waals surface area contributed by atoms with Crippen LogP contribution in [-0.4, -0.2) is 37.9 Å². The van der Waals surface area contributed by atoms with Gasteiger partial charge in [-0.15, -0.1) is 0 Å². The summed E-state index contributed by atoms with van der Waals surface area (Å²) in [5.41, 5.74) is 0. The summed E-state index contributed by atoms with van der Waals surface area (Å²) < 4.78 is 17.3. The van der Waals surface area contributed by atoms with Gasteiger partial charge in [-0.05, 0) is 96.3 Å². The number of esters is 2. The van der Waals surface area contributed by atoms with Crippen LogP contribution in [0.5, 0.6) is 0 Å². The second kappa shape index (κ2) is 52.2. The van der Waals surface area contributed by atoms with Crippen molar-refractivity contribution >= 4 is 11.9 Å². The molecule has 0 bridgehead atoms. The number of allylic oxidation sites excluding steroid dienone is 16. The molecule has 5 heteroatoms. The Bertz CT molecular complexity index is 1200. The van der Waals surface area contributed by atoms with Gasteiger partial charge in [0.25, 0.3) is 0 Å². The molecule has 0 aromatic heterocycles. The molecule has 0 aromatic carbocycles. The van der Waals surface area contributed by atoms with Gasteiger partial charge in [0.05, 0.1) is 6.61 Å². The molecule has 0 N–H and O–H groups in total. The molecule has 1 atom stereocenters. The molecule has 0 heterocycles. The molecule has 0 aliphatic heterocycles. The van der Waals surface area contributed by atoms with Crippen molar-refractivity contribution in [2.24, 2.45) is 0 Å². The van der Waals surface area contributed by atoms with Crippen LogP contribution in [0.2, 0.25) is 0 Å². The highest BCUT2D eigenvalue weighted by atomic mass is 16.6. The number of unbranched alkanes of at least 4 members (excludes halogenated alkanes) is 19. The van der Waals surface area contributed by atoms with Gasteiger partial charge >= 0.3 is 11.9 Å². The normalized spacial score (nSPS) is 13.0. The van der Waals surface area contributed by atoms with Crippen LogP contribution >= 0.6 is 0 Å². The van der Waals surface area contributed by atoms with Crippen LogP contribution in [0.3, 0.4) is 0 Å². The quantitative estimate of drug-likeness (QED) is 0.0347. The van der Waals surface area contributed by atoms with Gasteiger partial charge in [0.15, 0.2) is 6.10 Å². The Balaban J connectivity index is 4.38. The molecule has 5 nitrogen and oxygen atoms in total. The third-order valence-electron chi connectivity index (χ3n) is 10.6. The molecule has 0 amide bonds. The van der Waals surface area contributed by atoms with E-state index in [1.165, 1.54) is 83.5 Å². The Hall–Kier alpha value is -3.18. The summed E-state index contributed by atoms with van der Waals surface area (Å²) >= 11 is 0. The molecule has 0 aliphatic carbocycles. The SMILES string of the molecule is CC/C=C\C/C=C\C/C=C\C/C=C\C/C=C\CCCCOCC(COC(=O)CCCCCCC/C=C\C/C=C\C/C=C\CC)OC(=O)CCCCCCCCCCCCCCC. The van der Waals surface area contributed by atoms with E-state index in [9.17, 15) is 9.59 Å². The van der Waals surface area contributed by atoms with Gasteiger partial charge in [0.2, 0.25) is 0 Å². The van der Waals surface area contributed by atoms with Crippen LogP contribution in [0.15, 0.2) is 97.2 Å². The molecule has 0 rings (SSSR count). The van der Waals surface area contributed by atoms with E-state index < -0.39 is 6.10 Å². The maximum absolute atomic E-state index is 12.8. The lowest BCUT2D eigenvalue weighted by atomic mass is 10.0. The first kappa shape index (κ1) is 58.8. The summed E-state index contributed by atoms with van der Waals surface area (Å²) in [5, 5.41) is 0. The standard InChI is InChI=1S/C57H96O5/c1-4-7-10-13-16-19-22-25-27-28-29-31-34-37-40-43-46-49-52-60-53-55(62-57(59)51-48-45-42-39-36-32-24-21-18-15-12-9-6-3)54-61-56(58)50-47-44-41-38-35-33-30-26-23-20-17-14-11-8-5-2/h7-8,10-11,16-17,19-20,25-27,29-31,37,40,55H,4-6,9,12-15,18,21-24,28,32-36,38-39,41-54H2,1-3H3/b10-7-,11-8-,19-16-,20-17-,27-25-,30-26-,31-29-,40-37-. The van der Waals surface area contributed by atoms with Crippen molar-refractivity contribution in [2.75, 3.05) is 19.8 Å². The number of carbonyl (C=O) groups excluding carboxylic acids is 2. The molecule has 62 heavy (non-hydrogen) atoms. The number of hydrogen-bond donors (Lipinski definition) is 0. The number of ether oxygens (including phenoxy) is 3. The van der Waals surface area contributed by atoms with E-state index >= 15 is 0 Å². The van der Waals surface area contributed by atoms with Crippen LogP contribution in [0, 0.1) is 0 Å². The van der Waals surface area contributed by atoms with Crippen molar-refractivity contribution in [3.8, 4) is 0 Å². The van der Waals surface area contributed by atoms with E-state index in [1.807, 2.05) is 0 Å². The van der Waals surface area contributed by atoms with Crippen molar-refractivity contribution in [3.05, 3.63) is 97.2 Å². The second-order valence-electron chi connectivity index (χ2n) is 16.7. The Labute approximate surface area is 383 Å². The van der Waals surface area contributed by atoms with E-state index in [4.69, 9.17) is 14.2 Å². The van der Waals surface area contributed by atoms with Crippen molar-refractivity contribution in [1.82, 2.24) is 0 Å². The molecule has 1 unspecified atom stereocenters. The fraction of sp³-hybridized carbons (Fsp3) is 0.684. The molecule has 0 aromatic rings. The summed E-state index contributed by atoms with van der Waals surface area (Å²) in [6, 6.07) is 0. The summed E-state index contributed by atoms with van der Waals surface area (Å²) in [5.74, 6) is -0.442. The molecule has 0 radical (unpaired) electrons. The molecular weight excluding hydrogens is 765 g/mol. The Morgan fingerprint density at radius 2 is 0.726 bits per heavy atom. The van der Waals surface area contributed by atoms with Crippen molar-refractivity contribution in [1.29, 1.82) is 0 Å². The van der Waals surface area contributed by atoms with Crippen LogP contribution in [-0.2, 0) is 23.8 Å². The maximum Gasteiger partial charge on any atom is 0.306 e. The zero-order valence-electron chi connectivity index (χ0n) is 40.6. The minimum Gasteiger partial charge on any atom is -0.462 e. The topological polar surface area (TPSA) is 61.8 Å². The lowest BCUT2D eigenvalue weighted by Gasteiger charge is -2.18. The first-order valence-electron chi connectivity index (χ1n) is 25.8. The van der Waals surface area contributed by atoms with Crippen LogP contribution in [0.4, 0.5) is 0 Å². The van der Waals surface area contributed by atoms with Crippen LogP contribution in [0.25, 0.3) is 0 Å². The highest BCUT2D eigenvalue weighted by Crippen LogP contribution is 2.14. The number of carbonyl (C=O) groups is 2. The first-order chi connectivity index (χ1) is 30.6. The van der Waals surface area contributed by atoms with E-state index in [0.717, 1.165) is 109 Å². The Morgan fingerprint density at radius 3 is 1.16 bits per heavy atom. The zero-order chi connectivity index (χ0) is 44.9.